The number of benzene rings is 3. The van der Waals surface area contributed by atoms with Gasteiger partial charge in [0.15, 0.2) is 0 Å². The van der Waals surface area contributed by atoms with E-state index < -0.39 is 10.9 Å². The minimum Gasteiger partial charge on any atom is -0.497 e. The molecule has 0 aliphatic heterocycles. The molecule has 0 aliphatic rings. The number of carboxylic acids is 1. The average Bonchev–Trinajstić information content (AvgIpc) is 3.35. The van der Waals surface area contributed by atoms with E-state index >= 15 is 0 Å². The van der Waals surface area contributed by atoms with Crippen LogP contribution in [0, 0.1) is 10.1 Å². The molecule has 0 radical (unpaired) electrons. The van der Waals surface area contributed by atoms with Gasteiger partial charge in [-0.25, -0.2) is 9.78 Å². The van der Waals surface area contributed by atoms with E-state index in [1.54, 1.807) is 24.9 Å². The number of para-hydroxylation sites is 1. The highest BCUT2D eigenvalue weighted by Crippen LogP contribution is 2.40. The first kappa shape index (κ1) is 25.9. The van der Waals surface area contributed by atoms with Crippen LogP contribution < -0.4 is 10.2 Å². The van der Waals surface area contributed by atoms with E-state index in [0.29, 0.717) is 5.13 Å². The highest BCUT2D eigenvalue weighted by molar-refractivity contribution is 7.98. The molecule has 1 aromatic heterocycles. The van der Waals surface area contributed by atoms with Gasteiger partial charge in [0, 0.05) is 28.5 Å². The van der Waals surface area contributed by atoms with Gasteiger partial charge in [-0.1, -0.05) is 41.7 Å². The summed E-state index contributed by atoms with van der Waals surface area (Å²) < 4.78 is 5.27. The first-order chi connectivity index (χ1) is 17.9. The lowest BCUT2D eigenvalue weighted by atomic mass is 10.1. The fourth-order valence-electron chi connectivity index (χ4n) is 3.55. The molecule has 0 atom stereocenters. The summed E-state index contributed by atoms with van der Waals surface area (Å²) in [6, 6.07) is 21.6. The molecule has 37 heavy (non-hydrogen) atoms. The monoisotopic (exact) mass is 534 g/mol. The number of thiazole rings is 1. The molecule has 4 rings (SSSR count). The fraction of sp³-hybridized carbons (Fsp3) is 0.115. The van der Waals surface area contributed by atoms with Gasteiger partial charge in [-0.3, -0.25) is 15.5 Å². The maximum Gasteiger partial charge on any atom is 0.352 e. The second-order valence-corrected chi connectivity index (χ2v) is 9.57. The summed E-state index contributed by atoms with van der Waals surface area (Å²) in [7, 11) is 1.60. The van der Waals surface area contributed by atoms with Gasteiger partial charge < -0.3 is 9.84 Å². The lowest BCUT2D eigenvalue weighted by Crippen LogP contribution is -2.18. The van der Waals surface area contributed by atoms with Gasteiger partial charge >= 0.3 is 5.97 Å². The maximum atomic E-state index is 11.9. The van der Waals surface area contributed by atoms with E-state index in [-0.39, 0.29) is 23.4 Å². The molecule has 0 saturated carbocycles. The summed E-state index contributed by atoms with van der Waals surface area (Å²) in [5.41, 5.74) is 5.10. The van der Waals surface area contributed by atoms with Crippen molar-refractivity contribution in [1.29, 1.82) is 0 Å². The Labute approximate surface area is 221 Å². The maximum absolute atomic E-state index is 11.9. The molecule has 9 nitrogen and oxygen atoms in total. The topological polar surface area (TPSA) is 127 Å². The van der Waals surface area contributed by atoms with Gasteiger partial charge in [0.05, 0.1) is 22.6 Å². The zero-order valence-corrected chi connectivity index (χ0v) is 21.5. The number of thioether (sulfide) groups is 1. The molecule has 1 heterocycles. The van der Waals surface area contributed by atoms with Crippen LogP contribution in [0.25, 0.3) is 21.7 Å². The quantitative estimate of drug-likeness (QED) is 0.106. The van der Waals surface area contributed by atoms with Crippen LogP contribution in [0.15, 0.2) is 82.8 Å². The Balaban J connectivity index is 1.69. The molecule has 2 N–H and O–H groups in total. The SMILES string of the molecule is COc1ccc(-c2sc(N/N=C(\Cc3ccccc3[N+](=O)[O-])C(=O)O)nc2-c2ccc(SC)cc2)cc1. The summed E-state index contributed by atoms with van der Waals surface area (Å²) in [4.78, 5) is 29.3. The Morgan fingerprint density at radius 2 is 1.78 bits per heavy atom. The molecule has 0 spiro atoms. The number of carboxylic acid groups (broad SMARTS) is 1. The van der Waals surface area contributed by atoms with Crippen LogP contribution in [0.2, 0.25) is 0 Å². The number of rotatable bonds is 10. The van der Waals surface area contributed by atoms with Crippen LogP contribution in [0.4, 0.5) is 10.8 Å². The van der Waals surface area contributed by atoms with Crippen LogP contribution in [0.1, 0.15) is 5.56 Å². The minimum absolute atomic E-state index is 0.163. The summed E-state index contributed by atoms with van der Waals surface area (Å²) in [5, 5.41) is 25.5. The van der Waals surface area contributed by atoms with Crippen molar-refractivity contribution in [3.63, 3.8) is 0 Å². The zero-order chi connectivity index (χ0) is 26.4. The molecule has 0 unspecified atom stereocenters. The smallest absolute Gasteiger partial charge is 0.352 e. The number of carbonyl (C=O) groups is 1. The second-order valence-electron chi connectivity index (χ2n) is 7.69. The molecule has 11 heteroatoms. The minimum atomic E-state index is -1.29. The van der Waals surface area contributed by atoms with E-state index in [2.05, 4.69) is 10.5 Å². The van der Waals surface area contributed by atoms with Crippen molar-refractivity contribution in [1.82, 2.24) is 4.98 Å². The van der Waals surface area contributed by atoms with E-state index in [9.17, 15) is 20.0 Å². The van der Waals surface area contributed by atoms with Gasteiger partial charge in [-0.15, -0.1) is 11.8 Å². The largest absolute Gasteiger partial charge is 0.497 e. The van der Waals surface area contributed by atoms with Gasteiger partial charge in [0.25, 0.3) is 5.69 Å². The number of nitrogens with one attached hydrogen (secondary N) is 1. The van der Waals surface area contributed by atoms with Crippen molar-refractivity contribution in [3.8, 4) is 27.4 Å². The van der Waals surface area contributed by atoms with Crippen molar-refractivity contribution in [2.45, 2.75) is 11.3 Å². The fourth-order valence-corrected chi connectivity index (χ4v) is 4.89. The molecule has 0 amide bonds. The third kappa shape index (κ3) is 6.13. The Morgan fingerprint density at radius 3 is 2.41 bits per heavy atom. The number of hydrazone groups is 1. The van der Waals surface area contributed by atoms with E-state index in [1.165, 1.54) is 29.5 Å². The van der Waals surface area contributed by atoms with Gasteiger partial charge in [-0.2, -0.15) is 5.10 Å². The van der Waals surface area contributed by atoms with Crippen molar-refractivity contribution < 1.29 is 19.6 Å². The van der Waals surface area contributed by atoms with E-state index in [4.69, 9.17) is 9.72 Å². The molecule has 0 aliphatic carbocycles. The Hall–Kier alpha value is -4.22. The summed E-state index contributed by atoms with van der Waals surface area (Å²) in [5.74, 6) is -0.561. The van der Waals surface area contributed by atoms with Crippen LogP contribution in [-0.4, -0.2) is 40.1 Å². The molecule has 4 aromatic rings. The molecule has 0 bridgehead atoms. The number of methoxy groups -OCH3 is 1. The number of hydrogen-bond donors (Lipinski definition) is 2. The standard InChI is InChI=1S/C26H22N4O5S2/c1-35-19-11-7-17(8-12-19)24-23(16-9-13-20(36-2)14-10-16)27-26(37-24)29-28-21(25(31)32)15-18-5-3-4-6-22(18)30(33)34/h3-14H,15H2,1-2H3,(H,27,29)(H,31,32)/b28-21+. The molecular weight excluding hydrogens is 512 g/mol. The molecule has 0 fully saturated rings. The second kappa shape index (κ2) is 11.7. The van der Waals surface area contributed by atoms with Crippen molar-refractivity contribution in [2.75, 3.05) is 18.8 Å². The predicted molar refractivity (Wildman–Crippen MR) is 147 cm³/mol. The predicted octanol–water partition coefficient (Wildman–Crippen LogP) is 6.21. The number of nitro groups is 1. The first-order valence-electron chi connectivity index (χ1n) is 11.0. The van der Waals surface area contributed by atoms with E-state index in [0.717, 1.165) is 32.3 Å². The molecule has 3 aromatic carbocycles. The Bertz CT molecular complexity index is 1390. The number of nitro benzene ring substituents is 1. The number of hydrogen-bond acceptors (Lipinski definition) is 9. The third-order valence-electron chi connectivity index (χ3n) is 5.42. The van der Waals surface area contributed by atoms with Crippen LogP contribution in [0.5, 0.6) is 5.75 Å². The highest BCUT2D eigenvalue weighted by atomic mass is 32.2. The van der Waals surface area contributed by atoms with E-state index in [1.807, 2.05) is 54.8 Å². The third-order valence-corrected chi connectivity index (χ3v) is 7.18. The lowest BCUT2D eigenvalue weighted by molar-refractivity contribution is -0.385. The normalized spacial score (nSPS) is 11.2. The Morgan fingerprint density at radius 1 is 1.11 bits per heavy atom. The van der Waals surface area contributed by atoms with Gasteiger partial charge in [0.1, 0.15) is 11.5 Å². The number of ether oxygens (including phenoxy) is 1. The van der Waals surface area contributed by atoms with Gasteiger partial charge in [-0.05, 0) is 48.2 Å². The highest BCUT2D eigenvalue weighted by Gasteiger charge is 2.20. The number of aromatic nitrogens is 1. The zero-order valence-electron chi connectivity index (χ0n) is 19.9. The van der Waals surface area contributed by atoms with Crippen LogP contribution in [-0.2, 0) is 11.2 Å². The summed E-state index contributed by atoms with van der Waals surface area (Å²) >= 11 is 2.96. The number of anilines is 1. The summed E-state index contributed by atoms with van der Waals surface area (Å²) in [6.45, 7) is 0. The number of nitrogens with zero attached hydrogens (tertiary/aromatic N) is 3. The Kier molecular flexibility index (Phi) is 8.16. The molecular formula is C26H22N4O5S2. The van der Waals surface area contributed by atoms with Gasteiger partial charge in [0.2, 0.25) is 5.13 Å². The summed E-state index contributed by atoms with van der Waals surface area (Å²) in [6.07, 6.45) is 1.78. The number of aliphatic carboxylic acids is 1. The van der Waals surface area contributed by atoms with Crippen molar-refractivity contribution in [2.24, 2.45) is 5.10 Å². The van der Waals surface area contributed by atoms with Crippen molar-refractivity contribution >= 4 is 45.6 Å². The van der Waals surface area contributed by atoms with Crippen molar-refractivity contribution in [3.05, 3.63) is 88.5 Å². The first-order valence-corrected chi connectivity index (χ1v) is 13.0. The average molecular weight is 535 g/mol. The van der Waals surface area contributed by atoms with Crippen LogP contribution in [0.3, 0.4) is 0 Å². The lowest BCUT2D eigenvalue weighted by Gasteiger charge is -2.05. The molecule has 0 saturated heterocycles. The molecule has 188 valence electrons. The van der Waals surface area contributed by atoms with Crippen LogP contribution >= 0.6 is 23.1 Å².